The standard InChI is InChI=1S/C15H27N3O3/c1-12(13-4-5-13)18(10-11-21-2)15(20)14(19)17-8-3-6-16-7-9-17/h12-13,16H,3-11H2,1-2H3. The fraction of sp³-hybridized carbons (Fsp3) is 0.867. The first kappa shape index (κ1) is 16.2. The zero-order valence-electron chi connectivity index (χ0n) is 13.1. The first-order valence-electron chi connectivity index (χ1n) is 7.94. The Balaban J connectivity index is 1.99. The van der Waals surface area contributed by atoms with Crippen molar-refractivity contribution in [3.8, 4) is 0 Å². The molecule has 2 fully saturated rings. The van der Waals surface area contributed by atoms with Gasteiger partial charge in [-0.3, -0.25) is 9.59 Å². The lowest BCUT2D eigenvalue weighted by Crippen LogP contribution is -2.50. The third kappa shape index (κ3) is 4.41. The van der Waals surface area contributed by atoms with Gasteiger partial charge in [0.25, 0.3) is 0 Å². The van der Waals surface area contributed by atoms with Gasteiger partial charge in [0.15, 0.2) is 0 Å². The van der Waals surface area contributed by atoms with E-state index in [0.29, 0.717) is 32.2 Å². The fourth-order valence-electron chi connectivity index (χ4n) is 2.82. The lowest BCUT2D eigenvalue weighted by molar-refractivity contribution is -0.153. The van der Waals surface area contributed by atoms with E-state index in [4.69, 9.17) is 4.74 Å². The van der Waals surface area contributed by atoms with Crippen molar-refractivity contribution in [1.82, 2.24) is 15.1 Å². The highest BCUT2D eigenvalue weighted by molar-refractivity contribution is 6.35. The van der Waals surface area contributed by atoms with Gasteiger partial charge in [-0.05, 0) is 38.6 Å². The van der Waals surface area contributed by atoms with E-state index in [2.05, 4.69) is 5.32 Å². The first-order valence-corrected chi connectivity index (χ1v) is 7.94. The van der Waals surface area contributed by atoms with Crippen LogP contribution < -0.4 is 5.32 Å². The Hall–Kier alpha value is -1.14. The summed E-state index contributed by atoms with van der Waals surface area (Å²) in [4.78, 5) is 28.5. The van der Waals surface area contributed by atoms with Gasteiger partial charge in [0.1, 0.15) is 0 Å². The predicted octanol–water partition coefficient (Wildman–Crippen LogP) is 0.0818. The van der Waals surface area contributed by atoms with Crippen LogP contribution in [0.2, 0.25) is 0 Å². The van der Waals surface area contributed by atoms with Crippen LogP contribution in [0.4, 0.5) is 0 Å². The van der Waals surface area contributed by atoms with Crippen LogP contribution in [0.3, 0.4) is 0 Å². The largest absolute Gasteiger partial charge is 0.383 e. The molecule has 1 atom stereocenters. The molecule has 0 aromatic rings. The normalized spacial score (nSPS) is 20.8. The molecule has 0 bridgehead atoms. The van der Waals surface area contributed by atoms with Crippen LogP contribution in [0.15, 0.2) is 0 Å². The smallest absolute Gasteiger partial charge is 0.312 e. The van der Waals surface area contributed by atoms with Gasteiger partial charge in [0, 0.05) is 39.3 Å². The monoisotopic (exact) mass is 297 g/mol. The molecule has 2 aliphatic rings. The molecule has 1 saturated heterocycles. The van der Waals surface area contributed by atoms with Crippen LogP contribution in [0.5, 0.6) is 0 Å². The number of nitrogens with one attached hydrogen (secondary N) is 1. The van der Waals surface area contributed by atoms with Crippen molar-refractivity contribution >= 4 is 11.8 Å². The molecular weight excluding hydrogens is 270 g/mol. The summed E-state index contributed by atoms with van der Waals surface area (Å²) >= 11 is 0. The zero-order valence-corrected chi connectivity index (χ0v) is 13.1. The number of hydrogen-bond donors (Lipinski definition) is 1. The Morgan fingerprint density at radius 2 is 2.10 bits per heavy atom. The molecule has 21 heavy (non-hydrogen) atoms. The molecular formula is C15H27N3O3. The Bertz CT molecular complexity index is 363. The molecule has 120 valence electrons. The van der Waals surface area contributed by atoms with E-state index in [1.165, 1.54) is 0 Å². The molecule has 0 aromatic heterocycles. The maximum absolute atomic E-state index is 12.6. The molecule has 1 unspecified atom stereocenters. The Morgan fingerprint density at radius 1 is 1.33 bits per heavy atom. The van der Waals surface area contributed by atoms with Gasteiger partial charge in [-0.15, -0.1) is 0 Å². The molecule has 1 aliphatic heterocycles. The van der Waals surface area contributed by atoms with Crippen molar-refractivity contribution in [2.45, 2.75) is 32.2 Å². The summed E-state index contributed by atoms with van der Waals surface area (Å²) in [5.41, 5.74) is 0. The van der Waals surface area contributed by atoms with Gasteiger partial charge in [-0.1, -0.05) is 0 Å². The minimum atomic E-state index is -0.367. The molecule has 1 heterocycles. The van der Waals surface area contributed by atoms with Crippen LogP contribution in [0.25, 0.3) is 0 Å². The fourth-order valence-corrected chi connectivity index (χ4v) is 2.82. The van der Waals surface area contributed by atoms with Crippen molar-refractivity contribution < 1.29 is 14.3 Å². The number of nitrogens with zero attached hydrogens (tertiary/aromatic N) is 2. The second-order valence-corrected chi connectivity index (χ2v) is 5.97. The summed E-state index contributed by atoms with van der Waals surface area (Å²) < 4.78 is 5.09. The van der Waals surface area contributed by atoms with Crippen molar-refractivity contribution in [2.75, 3.05) is 46.4 Å². The number of methoxy groups -OCH3 is 1. The molecule has 6 nitrogen and oxygen atoms in total. The molecule has 1 aliphatic carbocycles. The number of amides is 2. The average molecular weight is 297 g/mol. The summed E-state index contributed by atoms with van der Waals surface area (Å²) in [5, 5.41) is 3.25. The van der Waals surface area contributed by atoms with Crippen LogP contribution in [0.1, 0.15) is 26.2 Å². The number of carbonyl (C=O) groups is 2. The van der Waals surface area contributed by atoms with Crippen LogP contribution >= 0.6 is 0 Å². The Kier molecular flexibility index (Phi) is 5.99. The van der Waals surface area contributed by atoms with E-state index in [0.717, 1.165) is 32.4 Å². The average Bonchev–Trinajstić information content (AvgIpc) is 3.32. The summed E-state index contributed by atoms with van der Waals surface area (Å²) in [6, 6.07) is 0.127. The highest BCUT2D eigenvalue weighted by Crippen LogP contribution is 2.35. The quantitative estimate of drug-likeness (QED) is 0.730. The van der Waals surface area contributed by atoms with Crippen molar-refractivity contribution in [2.24, 2.45) is 5.92 Å². The van der Waals surface area contributed by atoms with Gasteiger partial charge in [0.05, 0.1) is 6.61 Å². The van der Waals surface area contributed by atoms with E-state index >= 15 is 0 Å². The van der Waals surface area contributed by atoms with Crippen molar-refractivity contribution in [1.29, 1.82) is 0 Å². The minimum Gasteiger partial charge on any atom is -0.383 e. The van der Waals surface area contributed by atoms with E-state index < -0.39 is 0 Å². The van der Waals surface area contributed by atoms with E-state index in [1.807, 2.05) is 6.92 Å². The molecule has 0 radical (unpaired) electrons. The van der Waals surface area contributed by atoms with Gasteiger partial charge in [-0.2, -0.15) is 0 Å². The summed E-state index contributed by atoms with van der Waals surface area (Å²) in [6.07, 6.45) is 3.20. The lowest BCUT2D eigenvalue weighted by Gasteiger charge is -2.30. The topological polar surface area (TPSA) is 61.9 Å². The van der Waals surface area contributed by atoms with Crippen molar-refractivity contribution in [3.63, 3.8) is 0 Å². The van der Waals surface area contributed by atoms with Gasteiger partial charge >= 0.3 is 11.8 Å². The van der Waals surface area contributed by atoms with Crippen LogP contribution in [0, 0.1) is 5.92 Å². The second-order valence-electron chi connectivity index (χ2n) is 5.97. The number of carbonyl (C=O) groups excluding carboxylic acids is 2. The zero-order chi connectivity index (χ0) is 15.2. The first-order chi connectivity index (χ1) is 10.1. The van der Waals surface area contributed by atoms with Gasteiger partial charge in [0.2, 0.25) is 0 Å². The summed E-state index contributed by atoms with van der Waals surface area (Å²) in [6.45, 7) is 5.94. The maximum atomic E-state index is 12.6. The number of hydrogen-bond acceptors (Lipinski definition) is 4. The third-order valence-electron chi connectivity index (χ3n) is 4.40. The molecule has 2 amide bonds. The minimum absolute atomic E-state index is 0.127. The maximum Gasteiger partial charge on any atom is 0.312 e. The van der Waals surface area contributed by atoms with Gasteiger partial charge in [-0.25, -0.2) is 0 Å². The van der Waals surface area contributed by atoms with E-state index in [9.17, 15) is 9.59 Å². The van der Waals surface area contributed by atoms with Gasteiger partial charge < -0.3 is 19.9 Å². The molecule has 6 heteroatoms. The highest BCUT2D eigenvalue weighted by atomic mass is 16.5. The summed E-state index contributed by atoms with van der Waals surface area (Å²) in [5.74, 6) is -0.181. The number of ether oxygens (including phenoxy) is 1. The van der Waals surface area contributed by atoms with E-state index in [1.54, 1.807) is 16.9 Å². The van der Waals surface area contributed by atoms with Crippen LogP contribution in [-0.4, -0.2) is 74.1 Å². The molecule has 0 spiro atoms. The Morgan fingerprint density at radius 3 is 2.76 bits per heavy atom. The second kappa shape index (κ2) is 7.75. The molecule has 2 rings (SSSR count). The Labute approximate surface area is 126 Å². The SMILES string of the molecule is COCCN(C(=O)C(=O)N1CCCNCC1)C(C)C1CC1. The highest BCUT2D eigenvalue weighted by Gasteiger charge is 2.37. The predicted molar refractivity (Wildman–Crippen MR) is 79.8 cm³/mol. The third-order valence-corrected chi connectivity index (χ3v) is 4.40. The molecule has 1 saturated carbocycles. The number of rotatable bonds is 5. The molecule has 1 N–H and O–H groups in total. The van der Waals surface area contributed by atoms with Crippen LogP contribution in [-0.2, 0) is 14.3 Å². The lowest BCUT2D eigenvalue weighted by atomic mass is 10.1. The van der Waals surface area contributed by atoms with E-state index in [-0.39, 0.29) is 17.9 Å². The molecule has 0 aromatic carbocycles. The summed E-state index contributed by atoms with van der Waals surface area (Å²) in [7, 11) is 1.62. The van der Waals surface area contributed by atoms with Crippen molar-refractivity contribution in [3.05, 3.63) is 0 Å².